The zero-order valence-corrected chi connectivity index (χ0v) is 19.4. The van der Waals surface area contributed by atoms with Gasteiger partial charge in [-0.05, 0) is 36.4 Å². The maximum atomic E-state index is 13.1. The lowest BCUT2D eigenvalue weighted by atomic mass is 9.98. The number of sulfonamides is 1. The summed E-state index contributed by atoms with van der Waals surface area (Å²) in [6, 6.07) is 9.70. The van der Waals surface area contributed by atoms with E-state index in [4.69, 9.17) is 13.9 Å². The molecule has 3 aromatic rings. The molecule has 9 nitrogen and oxygen atoms in total. The molecule has 1 saturated heterocycles. The molecular formula is C22H22N2O7S2. The Morgan fingerprint density at radius 2 is 1.94 bits per heavy atom. The number of carbonyl (C=O) groups is 2. The standard InChI is InChI=1S/C22H22N2O7S2/c1-29-22(26)17-5-2-3-7-19(17)33(27,28)24-10-8-15(9-11-24)21(25)31-14-16-13-30-20(23-16)18-6-4-12-32-18/h2-7,12-13,15H,8-11,14H2,1H3. The zero-order chi connectivity index (χ0) is 23.4. The fraction of sp³-hybridized carbons (Fsp3) is 0.318. The summed E-state index contributed by atoms with van der Waals surface area (Å²) in [4.78, 5) is 29.6. The van der Waals surface area contributed by atoms with Crippen LogP contribution in [0.1, 0.15) is 28.9 Å². The average molecular weight is 491 g/mol. The van der Waals surface area contributed by atoms with Crippen molar-refractivity contribution in [3.8, 4) is 10.8 Å². The van der Waals surface area contributed by atoms with E-state index in [0.717, 1.165) is 4.88 Å². The summed E-state index contributed by atoms with van der Waals surface area (Å²) in [6.07, 6.45) is 2.09. The van der Waals surface area contributed by atoms with Gasteiger partial charge in [-0.25, -0.2) is 18.2 Å². The van der Waals surface area contributed by atoms with E-state index in [-0.39, 0.29) is 30.2 Å². The number of thiophene rings is 1. The van der Waals surface area contributed by atoms with Gasteiger partial charge < -0.3 is 13.9 Å². The minimum absolute atomic E-state index is 0.0152. The largest absolute Gasteiger partial charge is 0.465 e. The van der Waals surface area contributed by atoms with Crippen molar-refractivity contribution in [1.29, 1.82) is 0 Å². The number of carbonyl (C=O) groups excluding carboxylic acids is 2. The Balaban J connectivity index is 1.34. The van der Waals surface area contributed by atoms with E-state index in [0.29, 0.717) is 24.4 Å². The second-order valence-electron chi connectivity index (χ2n) is 7.40. The van der Waals surface area contributed by atoms with E-state index in [9.17, 15) is 18.0 Å². The number of esters is 2. The molecule has 0 bridgehead atoms. The minimum Gasteiger partial charge on any atom is -0.465 e. The van der Waals surface area contributed by atoms with Crippen LogP contribution in [-0.2, 0) is 30.9 Å². The molecule has 174 valence electrons. The highest BCUT2D eigenvalue weighted by molar-refractivity contribution is 7.89. The summed E-state index contributed by atoms with van der Waals surface area (Å²) in [5, 5.41) is 1.92. The molecule has 0 atom stereocenters. The van der Waals surface area contributed by atoms with Crippen molar-refractivity contribution in [3.63, 3.8) is 0 Å². The van der Waals surface area contributed by atoms with Gasteiger partial charge in [0.2, 0.25) is 15.9 Å². The number of aromatic nitrogens is 1. The second-order valence-corrected chi connectivity index (χ2v) is 10.2. The molecule has 1 fully saturated rings. The first-order chi connectivity index (χ1) is 15.9. The van der Waals surface area contributed by atoms with Crippen LogP contribution in [-0.4, -0.2) is 49.8 Å². The summed E-state index contributed by atoms with van der Waals surface area (Å²) in [5.41, 5.74) is 0.488. The highest BCUT2D eigenvalue weighted by Crippen LogP contribution is 2.28. The molecule has 1 aliphatic rings. The molecule has 1 aromatic carbocycles. The van der Waals surface area contributed by atoms with Crippen LogP contribution in [0.25, 0.3) is 10.8 Å². The van der Waals surface area contributed by atoms with Gasteiger partial charge in [-0.1, -0.05) is 18.2 Å². The van der Waals surface area contributed by atoms with E-state index < -0.39 is 27.9 Å². The van der Waals surface area contributed by atoms with Crippen LogP contribution in [0, 0.1) is 5.92 Å². The predicted octanol–water partition coefficient (Wildman–Crippen LogP) is 3.33. The summed E-state index contributed by atoms with van der Waals surface area (Å²) >= 11 is 1.50. The summed E-state index contributed by atoms with van der Waals surface area (Å²) in [7, 11) is -2.71. The quantitative estimate of drug-likeness (QED) is 0.463. The topological polar surface area (TPSA) is 116 Å². The van der Waals surface area contributed by atoms with Gasteiger partial charge in [0, 0.05) is 13.1 Å². The van der Waals surface area contributed by atoms with Crippen molar-refractivity contribution in [3.05, 3.63) is 59.3 Å². The highest BCUT2D eigenvalue weighted by Gasteiger charge is 2.35. The number of ether oxygens (including phenoxy) is 2. The van der Waals surface area contributed by atoms with Crippen molar-refractivity contribution < 1.29 is 31.9 Å². The van der Waals surface area contributed by atoms with Crippen LogP contribution < -0.4 is 0 Å². The first-order valence-electron chi connectivity index (χ1n) is 10.2. The molecule has 3 heterocycles. The number of hydrogen-bond acceptors (Lipinski definition) is 9. The molecule has 2 aromatic heterocycles. The molecule has 11 heteroatoms. The van der Waals surface area contributed by atoms with Crippen molar-refractivity contribution in [2.75, 3.05) is 20.2 Å². The van der Waals surface area contributed by atoms with Gasteiger partial charge in [-0.3, -0.25) is 4.79 Å². The van der Waals surface area contributed by atoms with Crippen molar-refractivity contribution in [2.24, 2.45) is 5.92 Å². The predicted molar refractivity (Wildman–Crippen MR) is 119 cm³/mol. The van der Waals surface area contributed by atoms with E-state index in [1.54, 1.807) is 12.1 Å². The smallest absolute Gasteiger partial charge is 0.339 e. The Hall–Kier alpha value is -3.02. The van der Waals surface area contributed by atoms with Gasteiger partial charge in [0.1, 0.15) is 18.6 Å². The lowest BCUT2D eigenvalue weighted by Crippen LogP contribution is -2.41. The van der Waals surface area contributed by atoms with Gasteiger partial charge in [0.15, 0.2) is 0 Å². The van der Waals surface area contributed by atoms with Gasteiger partial charge in [0.05, 0.1) is 28.4 Å². The fourth-order valence-corrected chi connectivity index (χ4v) is 5.90. The molecule has 33 heavy (non-hydrogen) atoms. The monoisotopic (exact) mass is 490 g/mol. The van der Waals surface area contributed by atoms with Gasteiger partial charge in [0.25, 0.3) is 0 Å². The molecule has 0 aliphatic carbocycles. The lowest BCUT2D eigenvalue weighted by Gasteiger charge is -2.30. The third-order valence-electron chi connectivity index (χ3n) is 5.34. The van der Waals surface area contributed by atoms with Crippen LogP contribution >= 0.6 is 11.3 Å². The number of nitrogens with zero attached hydrogens (tertiary/aromatic N) is 2. The fourth-order valence-electron chi connectivity index (χ4n) is 3.59. The summed E-state index contributed by atoms with van der Waals surface area (Å²) in [5.74, 6) is -1.07. The normalized spacial score (nSPS) is 15.3. The molecule has 4 rings (SSSR count). The van der Waals surface area contributed by atoms with Crippen molar-refractivity contribution in [2.45, 2.75) is 24.3 Å². The molecular weight excluding hydrogens is 468 g/mol. The summed E-state index contributed by atoms with van der Waals surface area (Å²) in [6.45, 7) is 0.271. The number of methoxy groups -OCH3 is 1. The first-order valence-corrected chi connectivity index (χ1v) is 12.5. The molecule has 0 spiro atoms. The number of oxazole rings is 1. The third kappa shape index (κ3) is 5.00. The van der Waals surface area contributed by atoms with Gasteiger partial charge in [-0.15, -0.1) is 11.3 Å². The second kappa shape index (κ2) is 9.86. The molecule has 0 unspecified atom stereocenters. The molecule has 0 saturated carbocycles. The molecule has 0 amide bonds. The molecule has 0 N–H and O–H groups in total. The zero-order valence-electron chi connectivity index (χ0n) is 17.8. The minimum atomic E-state index is -3.91. The van der Waals surface area contributed by atoms with E-state index in [1.165, 1.54) is 41.1 Å². The van der Waals surface area contributed by atoms with Crippen LogP contribution in [0.15, 0.2) is 57.4 Å². The summed E-state index contributed by atoms with van der Waals surface area (Å²) < 4.78 is 43.0. The first kappa shape index (κ1) is 23.1. The number of rotatable bonds is 7. The maximum absolute atomic E-state index is 13.1. The Morgan fingerprint density at radius 1 is 1.18 bits per heavy atom. The van der Waals surface area contributed by atoms with Crippen molar-refractivity contribution >= 4 is 33.3 Å². The van der Waals surface area contributed by atoms with E-state index >= 15 is 0 Å². The van der Waals surface area contributed by atoms with Crippen LogP contribution in [0.5, 0.6) is 0 Å². The Labute approximate surface area is 195 Å². The molecule has 1 aliphatic heterocycles. The number of piperidine rings is 1. The van der Waals surface area contributed by atoms with Gasteiger partial charge >= 0.3 is 11.9 Å². The number of hydrogen-bond donors (Lipinski definition) is 0. The highest BCUT2D eigenvalue weighted by atomic mass is 32.2. The van der Waals surface area contributed by atoms with Gasteiger partial charge in [-0.2, -0.15) is 4.31 Å². The molecule has 0 radical (unpaired) electrons. The van der Waals surface area contributed by atoms with Crippen molar-refractivity contribution in [1.82, 2.24) is 9.29 Å². The SMILES string of the molecule is COC(=O)c1ccccc1S(=O)(=O)N1CCC(C(=O)OCc2coc(-c3cccs3)n2)CC1. The number of benzene rings is 1. The third-order valence-corrected chi connectivity index (χ3v) is 8.16. The van der Waals surface area contributed by atoms with Crippen LogP contribution in [0.4, 0.5) is 0 Å². The van der Waals surface area contributed by atoms with Crippen LogP contribution in [0.2, 0.25) is 0 Å². The Bertz CT molecular complexity index is 1230. The van der Waals surface area contributed by atoms with E-state index in [2.05, 4.69) is 4.98 Å². The average Bonchev–Trinajstić information content (AvgIpc) is 3.54. The maximum Gasteiger partial charge on any atom is 0.339 e. The van der Waals surface area contributed by atoms with E-state index in [1.807, 2.05) is 17.5 Å². The Kier molecular flexibility index (Phi) is 6.91. The Morgan fingerprint density at radius 3 is 2.64 bits per heavy atom. The lowest BCUT2D eigenvalue weighted by molar-refractivity contribution is -0.151. The van der Waals surface area contributed by atoms with Crippen LogP contribution in [0.3, 0.4) is 0 Å².